The zero-order valence-corrected chi connectivity index (χ0v) is 16.4. The number of hydrogen-bond donors (Lipinski definition) is 0. The number of nitrogens with zero attached hydrogens (tertiary/aromatic N) is 4. The maximum atomic E-state index is 12.5. The van der Waals surface area contributed by atoms with Crippen molar-refractivity contribution in [2.24, 2.45) is 0 Å². The van der Waals surface area contributed by atoms with Gasteiger partial charge in [-0.05, 0) is 44.5 Å². The molecule has 3 rings (SSSR count). The number of halogens is 1. The molecular formula is C18H21ClN4OS. The highest BCUT2D eigenvalue weighted by molar-refractivity contribution is 7.22. The van der Waals surface area contributed by atoms with Crippen LogP contribution in [0.3, 0.4) is 0 Å². The first kappa shape index (κ1) is 17.9. The number of benzene rings is 1. The van der Waals surface area contributed by atoms with Gasteiger partial charge in [0.15, 0.2) is 5.13 Å². The van der Waals surface area contributed by atoms with E-state index in [1.807, 2.05) is 50.6 Å². The van der Waals surface area contributed by atoms with E-state index < -0.39 is 0 Å². The minimum absolute atomic E-state index is 0.0596. The fourth-order valence-electron chi connectivity index (χ4n) is 2.87. The fraction of sp³-hybridized carbons (Fsp3) is 0.389. The number of anilines is 1. The molecule has 0 N–H and O–H groups in total. The van der Waals surface area contributed by atoms with Gasteiger partial charge in [0.1, 0.15) is 0 Å². The number of hydrogen-bond acceptors (Lipinski definition) is 4. The molecule has 2 aromatic heterocycles. The van der Waals surface area contributed by atoms with Gasteiger partial charge in [0.25, 0.3) is 0 Å². The Labute approximate surface area is 156 Å². The summed E-state index contributed by atoms with van der Waals surface area (Å²) in [6.07, 6.45) is 0.437. The van der Waals surface area contributed by atoms with Crippen molar-refractivity contribution < 1.29 is 4.79 Å². The third kappa shape index (κ3) is 3.70. The van der Waals surface area contributed by atoms with Crippen LogP contribution >= 0.6 is 22.9 Å². The Kier molecular flexibility index (Phi) is 5.11. The largest absolute Gasteiger partial charge is 0.286 e. The first-order valence-corrected chi connectivity index (χ1v) is 9.46. The molecule has 1 amide bonds. The molecule has 0 aliphatic heterocycles. The zero-order chi connectivity index (χ0) is 18.1. The van der Waals surface area contributed by atoms with E-state index in [1.54, 1.807) is 4.90 Å². The van der Waals surface area contributed by atoms with E-state index in [1.165, 1.54) is 11.3 Å². The number of carbonyl (C=O) groups excluding carboxylic acids is 1. The van der Waals surface area contributed by atoms with Crippen LogP contribution in [0.1, 0.15) is 30.3 Å². The molecule has 0 atom stereocenters. The highest BCUT2D eigenvalue weighted by Gasteiger charge is 2.19. The average molecular weight is 377 g/mol. The number of aryl methyl sites for hydroxylation is 3. The number of rotatable bonds is 5. The normalized spacial score (nSPS) is 11.2. The van der Waals surface area contributed by atoms with Gasteiger partial charge in [-0.3, -0.25) is 14.4 Å². The monoisotopic (exact) mass is 376 g/mol. The number of fused-ring (bicyclic) bond motifs is 1. The molecule has 7 heteroatoms. The second kappa shape index (κ2) is 7.14. The van der Waals surface area contributed by atoms with Crippen LogP contribution in [0.2, 0.25) is 5.02 Å². The molecule has 0 fully saturated rings. The summed E-state index contributed by atoms with van der Waals surface area (Å²) in [6.45, 7) is 9.03. The second-order valence-corrected chi connectivity index (χ2v) is 7.56. The lowest BCUT2D eigenvalue weighted by atomic mass is 10.2. The third-order valence-electron chi connectivity index (χ3n) is 4.11. The zero-order valence-electron chi connectivity index (χ0n) is 14.8. The first-order valence-electron chi connectivity index (χ1n) is 8.27. The van der Waals surface area contributed by atoms with E-state index in [0.29, 0.717) is 29.7 Å². The van der Waals surface area contributed by atoms with E-state index in [2.05, 4.69) is 5.10 Å². The number of thiazole rings is 1. The summed E-state index contributed by atoms with van der Waals surface area (Å²) in [5, 5.41) is 5.88. The molecule has 0 saturated carbocycles. The minimum Gasteiger partial charge on any atom is -0.286 e. The Morgan fingerprint density at radius 2 is 2.04 bits per heavy atom. The summed E-state index contributed by atoms with van der Waals surface area (Å²) >= 11 is 7.65. The lowest BCUT2D eigenvalue weighted by Gasteiger charge is -2.19. The summed E-state index contributed by atoms with van der Waals surface area (Å²) < 4.78 is 2.93. The van der Waals surface area contributed by atoms with Crippen LogP contribution < -0.4 is 4.90 Å². The molecule has 0 radical (unpaired) electrons. The van der Waals surface area contributed by atoms with Gasteiger partial charge in [0.05, 0.1) is 22.5 Å². The highest BCUT2D eigenvalue weighted by atomic mass is 35.5. The molecule has 0 spiro atoms. The first-order chi connectivity index (χ1) is 11.9. The number of carbonyl (C=O) groups is 1. The lowest BCUT2D eigenvalue weighted by molar-refractivity contribution is -0.118. The molecule has 0 unspecified atom stereocenters. The van der Waals surface area contributed by atoms with Crippen molar-refractivity contribution >= 4 is 44.2 Å². The van der Waals surface area contributed by atoms with E-state index in [-0.39, 0.29) is 5.91 Å². The predicted molar refractivity (Wildman–Crippen MR) is 104 cm³/mol. The smallest absolute Gasteiger partial charge is 0.228 e. The average Bonchev–Trinajstić information content (AvgIpc) is 3.10. The van der Waals surface area contributed by atoms with Crippen molar-refractivity contribution in [2.45, 2.75) is 40.7 Å². The summed E-state index contributed by atoms with van der Waals surface area (Å²) in [7, 11) is 0. The molecule has 25 heavy (non-hydrogen) atoms. The maximum Gasteiger partial charge on any atom is 0.228 e. The van der Waals surface area contributed by atoms with Gasteiger partial charge in [-0.25, -0.2) is 4.98 Å². The van der Waals surface area contributed by atoms with Gasteiger partial charge in [0.2, 0.25) is 5.91 Å². The van der Waals surface area contributed by atoms with E-state index >= 15 is 0 Å². The SMILES string of the molecule is CCC(=O)N(CCn1nc(C)cc1C)c1nc2c(C)cc(Cl)cc2s1. The summed E-state index contributed by atoms with van der Waals surface area (Å²) in [5.74, 6) is 0.0596. The standard InChI is InChI=1S/C18H21ClN4OS/c1-5-16(24)22(6-7-23-13(4)9-12(3)21-23)18-20-17-11(2)8-14(19)10-15(17)25-18/h8-10H,5-7H2,1-4H3. The summed E-state index contributed by atoms with van der Waals surface area (Å²) in [4.78, 5) is 18.9. The van der Waals surface area contributed by atoms with Crippen LogP contribution in [-0.2, 0) is 11.3 Å². The number of aromatic nitrogens is 3. The topological polar surface area (TPSA) is 51.0 Å². The molecule has 3 aromatic rings. The molecule has 2 heterocycles. The van der Waals surface area contributed by atoms with E-state index in [4.69, 9.17) is 16.6 Å². The van der Waals surface area contributed by atoms with Gasteiger partial charge in [-0.15, -0.1) is 0 Å². The molecule has 132 valence electrons. The van der Waals surface area contributed by atoms with Crippen LogP contribution in [0, 0.1) is 20.8 Å². The van der Waals surface area contributed by atoms with Crippen molar-refractivity contribution in [1.82, 2.24) is 14.8 Å². The summed E-state index contributed by atoms with van der Waals surface area (Å²) in [6, 6.07) is 5.84. The van der Waals surface area contributed by atoms with Crippen LogP contribution in [0.5, 0.6) is 0 Å². The molecule has 5 nitrogen and oxygen atoms in total. The van der Waals surface area contributed by atoms with Gasteiger partial charge in [-0.2, -0.15) is 5.10 Å². The van der Waals surface area contributed by atoms with Crippen LogP contribution in [0.15, 0.2) is 18.2 Å². The Morgan fingerprint density at radius 1 is 1.28 bits per heavy atom. The fourth-order valence-corrected chi connectivity index (χ4v) is 4.34. The Morgan fingerprint density at radius 3 is 2.68 bits per heavy atom. The predicted octanol–water partition coefficient (Wildman–Crippen LogP) is 4.51. The van der Waals surface area contributed by atoms with Gasteiger partial charge in [-0.1, -0.05) is 29.9 Å². The second-order valence-electron chi connectivity index (χ2n) is 6.12. The Hall–Kier alpha value is -1.92. The molecule has 1 aromatic carbocycles. The summed E-state index contributed by atoms with van der Waals surface area (Å²) in [5.41, 5.74) is 4.00. The van der Waals surface area contributed by atoms with Crippen molar-refractivity contribution in [1.29, 1.82) is 0 Å². The van der Waals surface area contributed by atoms with Crippen molar-refractivity contribution in [3.05, 3.63) is 40.2 Å². The lowest BCUT2D eigenvalue weighted by Crippen LogP contribution is -2.33. The van der Waals surface area contributed by atoms with Crippen molar-refractivity contribution in [2.75, 3.05) is 11.4 Å². The molecule has 0 aliphatic rings. The van der Waals surface area contributed by atoms with Crippen molar-refractivity contribution in [3.8, 4) is 0 Å². The molecule has 0 bridgehead atoms. The molecule has 0 aliphatic carbocycles. The molecular weight excluding hydrogens is 356 g/mol. The Bertz CT molecular complexity index is 931. The Balaban J connectivity index is 1.92. The van der Waals surface area contributed by atoms with Crippen LogP contribution in [0.25, 0.3) is 10.2 Å². The van der Waals surface area contributed by atoms with Crippen molar-refractivity contribution in [3.63, 3.8) is 0 Å². The van der Waals surface area contributed by atoms with E-state index in [9.17, 15) is 4.79 Å². The third-order valence-corrected chi connectivity index (χ3v) is 5.36. The number of amides is 1. The van der Waals surface area contributed by atoms with Crippen LogP contribution in [-0.4, -0.2) is 27.2 Å². The van der Waals surface area contributed by atoms with E-state index in [0.717, 1.165) is 27.2 Å². The van der Waals surface area contributed by atoms with Gasteiger partial charge >= 0.3 is 0 Å². The van der Waals surface area contributed by atoms with Crippen LogP contribution in [0.4, 0.5) is 5.13 Å². The minimum atomic E-state index is 0.0596. The molecule has 0 saturated heterocycles. The maximum absolute atomic E-state index is 12.5. The highest BCUT2D eigenvalue weighted by Crippen LogP contribution is 2.33. The van der Waals surface area contributed by atoms with Gasteiger partial charge in [0, 0.05) is 23.7 Å². The van der Waals surface area contributed by atoms with Gasteiger partial charge < -0.3 is 0 Å². The quantitative estimate of drug-likeness (QED) is 0.658.